The van der Waals surface area contributed by atoms with Gasteiger partial charge in [0.1, 0.15) is 15.9 Å². The zero-order chi connectivity index (χ0) is 7.56. The Bertz CT molecular complexity index is 235. The molecule has 0 amide bonds. The van der Waals surface area contributed by atoms with Crippen molar-refractivity contribution in [1.82, 2.24) is 4.98 Å². The van der Waals surface area contributed by atoms with Crippen LogP contribution < -0.4 is 0 Å². The molecule has 2 nitrogen and oxygen atoms in total. The van der Waals surface area contributed by atoms with Gasteiger partial charge in [-0.05, 0) is 22.9 Å². The third-order valence-corrected chi connectivity index (χ3v) is 2.84. The molecule has 54 valence electrons. The Hall–Kier alpha value is -0.220. The fraction of sp³-hybridized carbons (Fsp3) is 0.333. The smallest absolute Gasteiger partial charge is 0.129 e. The van der Waals surface area contributed by atoms with Crippen molar-refractivity contribution in [3.05, 3.63) is 15.0 Å². The second-order valence-corrected chi connectivity index (χ2v) is 3.64. The zero-order valence-corrected chi connectivity index (χ0v) is 7.78. The maximum Gasteiger partial charge on any atom is 0.129 e. The summed E-state index contributed by atoms with van der Waals surface area (Å²) in [5, 5.41) is 2.73. The Labute approximate surface area is 71.4 Å². The number of rotatable bonds is 2. The Morgan fingerprint density at radius 2 is 2.60 bits per heavy atom. The van der Waals surface area contributed by atoms with Crippen molar-refractivity contribution in [3.8, 4) is 0 Å². The fourth-order valence-electron chi connectivity index (χ4n) is 0.534. The summed E-state index contributed by atoms with van der Waals surface area (Å²) in [7, 11) is 0. The lowest BCUT2D eigenvalue weighted by Crippen LogP contribution is -1.91. The molecule has 0 aliphatic heterocycles. The normalized spacial score (nSPS) is 13.0. The van der Waals surface area contributed by atoms with Crippen molar-refractivity contribution >= 4 is 33.6 Å². The van der Waals surface area contributed by atoms with Crippen LogP contribution in [0.25, 0.3) is 0 Å². The molecule has 0 saturated carbocycles. The van der Waals surface area contributed by atoms with Crippen LogP contribution in [0.1, 0.15) is 17.8 Å². The van der Waals surface area contributed by atoms with Gasteiger partial charge in [-0.3, -0.25) is 0 Å². The quantitative estimate of drug-likeness (QED) is 0.715. The molecule has 1 aromatic heterocycles. The van der Waals surface area contributed by atoms with Crippen LogP contribution in [0.15, 0.2) is 9.98 Å². The van der Waals surface area contributed by atoms with E-state index < -0.39 is 0 Å². The minimum Gasteiger partial charge on any atom is -0.303 e. The summed E-state index contributed by atoms with van der Waals surface area (Å²) in [5.74, 6) is -0.0729. The Kier molecular flexibility index (Phi) is 2.56. The molecule has 0 fully saturated rings. The van der Waals surface area contributed by atoms with Gasteiger partial charge in [-0.25, -0.2) is 4.98 Å². The van der Waals surface area contributed by atoms with Crippen molar-refractivity contribution in [1.29, 1.82) is 0 Å². The summed E-state index contributed by atoms with van der Waals surface area (Å²) < 4.78 is 0.807. The second-order valence-electron chi connectivity index (χ2n) is 1.93. The lowest BCUT2D eigenvalue weighted by Gasteiger charge is -1.93. The van der Waals surface area contributed by atoms with E-state index in [9.17, 15) is 4.79 Å². The Morgan fingerprint density at radius 3 is 3.00 bits per heavy atom. The van der Waals surface area contributed by atoms with Crippen molar-refractivity contribution in [3.63, 3.8) is 0 Å². The molecule has 10 heavy (non-hydrogen) atoms. The number of halogens is 1. The van der Waals surface area contributed by atoms with E-state index in [1.807, 2.05) is 12.3 Å². The number of hydrogen-bond donors (Lipinski definition) is 0. The Morgan fingerprint density at radius 1 is 1.90 bits per heavy atom. The van der Waals surface area contributed by atoms with Gasteiger partial charge in [-0.1, -0.05) is 0 Å². The van der Waals surface area contributed by atoms with E-state index >= 15 is 0 Å². The summed E-state index contributed by atoms with van der Waals surface area (Å²) in [6, 6.07) is 0. The van der Waals surface area contributed by atoms with Gasteiger partial charge in [-0.15, -0.1) is 11.3 Å². The van der Waals surface area contributed by atoms with Crippen LogP contribution in [0.2, 0.25) is 0 Å². The molecule has 1 atom stereocenters. The standard InChI is InChI=1S/C6H6BrNOS/c1-4(2-9)6-8-5(7)3-10-6/h2-4H,1H3. The Balaban J connectivity index is 2.84. The van der Waals surface area contributed by atoms with Gasteiger partial charge in [0, 0.05) is 5.38 Å². The number of thiazole rings is 1. The molecular formula is C6H6BrNOS. The van der Waals surface area contributed by atoms with Gasteiger partial charge < -0.3 is 4.79 Å². The molecule has 1 rings (SSSR count). The largest absolute Gasteiger partial charge is 0.303 e. The molecule has 0 aliphatic carbocycles. The number of aldehydes is 1. The predicted molar refractivity (Wildman–Crippen MR) is 44.3 cm³/mol. The number of hydrogen-bond acceptors (Lipinski definition) is 3. The summed E-state index contributed by atoms with van der Waals surface area (Å²) in [4.78, 5) is 14.4. The molecule has 0 bridgehead atoms. The highest BCUT2D eigenvalue weighted by Crippen LogP contribution is 2.20. The highest BCUT2D eigenvalue weighted by atomic mass is 79.9. The first-order valence-corrected chi connectivity index (χ1v) is 4.47. The SMILES string of the molecule is CC(C=O)c1nc(Br)cs1. The van der Waals surface area contributed by atoms with E-state index in [-0.39, 0.29) is 5.92 Å². The molecule has 1 unspecified atom stereocenters. The number of aromatic nitrogens is 1. The van der Waals surface area contributed by atoms with Crippen molar-refractivity contribution in [2.45, 2.75) is 12.8 Å². The third-order valence-electron chi connectivity index (χ3n) is 1.09. The summed E-state index contributed by atoms with van der Waals surface area (Å²) in [6.07, 6.45) is 0.894. The molecule has 0 saturated heterocycles. The zero-order valence-electron chi connectivity index (χ0n) is 5.37. The minimum absolute atomic E-state index is 0.0729. The molecule has 1 aromatic rings. The first-order chi connectivity index (χ1) is 4.74. The minimum atomic E-state index is -0.0729. The topological polar surface area (TPSA) is 30.0 Å². The molecule has 0 aliphatic rings. The number of carbonyl (C=O) groups is 1. The average molecular weight is 220 g/mol. The first-order valence-electron chi connectivity index (χ1n) is 2.80. The monoisotopic (exact) mass is 219 g/mol. The van der Waals surface area contributed by atoms with Gasteiger partial charge in [0.25, 0.3) is 0 Å². The van der Waals surface area contributed by atoms with Crippen LogP contribution in [0.4, 0.5) is 0 Å². The molecular weight excluding hydrogens is 214 g/mol. The summed E-state index contributed by atoms with van der Waals surface area (Å²) in [6.45, 7) is 1.83. The summed E-state index contributed by atoms with van der Waals surface area (Å²) >= 11 is 4.71. The van der Waals surface area contributed by atoms with Crippen LogP contribution in [-0.2, 0) is 4.79 Å². The van der Waals surface area contributed by atoms with Gasteiger partial charge in [0.05, 0.1) is 5.92 Å². The number of nitrogens with zero attached hydrogens (tertiary/aromatic N) is 1. The van der Waals surface area contributed by atoms with E-state index in [4.69, 9.17) is 0 Å². The molecule has 0 aromatic carbocycles. The average Bonchev–Trinajstić information content (AvgIpc) is 2.34. The highest BCUT2D eigenvalue weighted by molar-refractivity contribution is 9.10. The van der Waals surface area contributed by atoms with Crippen molar-refractivity contribution < 1.29 is 4.79 Å². The second kappa shape index (κ2) is 3.25. The van der Waals surface area contributed by atoms with Crippen LogP contribution in [0, 0.1) is 0 Å². The maximum absolute atomic E-state index is 10.3. The van der Waals surface area contributed by atoms with E-state index in [0.29, 0.717) is 0 Å². The highest BCUT2D eigenvalue weighted by Gasteiger charge is 2.06. The summed E-state index contributed by atoms with van der Waals surface area (Å²) in [5.41, 5.74) is 0. The fourth-order valence-corrected chi connectivity index (χ4v) is 1.82. The van der Waals surface area contributed by atoms with Crippen LogP contribution in [0.5, 0.6) is 0 Å². The van der Waals surface area contributed by atoms with Gasteiger partial charge >= 0.3 is 0 Å². The van der Waals surface area contributed by atoms with Crippen molar-refractivity contribution in [2.24, 2.45) is 0 Å². The third kappa shape index (κ3) is 1.64. The lowest BCUT2D eigenvalue weighted by molar-refractivity contribution is -0.108. The molecule has 1 heterocycles. The number of carbonyl (C=O) groups excluding carboxylic acids is 1. The van der Waals surface area contributed by atoms with Gasteiger partial charge in [0.2, 0.25) is 0 Å². The predicted octanol–water partition coefficient (Wildman–Crippen LogP) is 2.21. The maximum atomic E-state index is 10.3. The van der Waals surface area contributed by atoms with Crippen LogP contribution in [-0.4, -0.2) is 11.3 Å². The van der Waals surface area contributed by atoms with E-state index in [1.54, 1.807) is 0 Å². The van der Waals surface area contributed by atoms with Crippen LogP contribution >= 0.6 is 27.3 Å². The van der Waals surface area contributed by atoms with E-state index in [1.165, 1.54) is 11.3 Å². The molecule has 4 heteroatoms. The molecule has 0 spiro atoms. The van der Waals surface area contributed by atoms with E-state index in [2.05, 4.69) is 20.9 Å². The van der Waals surface area contributed by atoms with Gasteiger partial charge in [0.15, 0.2) is 0 Å². The van der Waals surface area contributed by atoms with Crippen molar-refractivity contribution in [2.75, 3.05) is 0 Å². The van der Waals surface area contributed by atoms with Crippen LogP contribution in [0.3, 0.4) is 0 Å². The molecule has 0 radical (unpaired) electrons. The lowest BCUT2D eigenvalue weighted by atomic mass is 10.2. The van der Waals surface area contributed by atoms with Gasteiger partial charge in [-0.2, -0.15) is 0 Å². The first kappa shape index (κ1) is 7.88. The molecule has 0 N–H and O–H groups in total. The van der Waals surface area contributed by atoms with E-state index in [0.717, 1.165) is 15.9 Å².